The topological polar surface area (TPSA) is 88.7 Å². The first-order valence-corrected chi connectivity index (χ1v) is 7.28. The molecule has 6 nitrogen and oxygen atoms in total. The molecule has 1 atom stereocenters. The lowest BCUT2D eigenvalue weighted by Gasteiger charge is -2.19. The number of aliphatic imine (C=N–C) groups is 1. The highest BCUT2D eigenvalue weighted by Crippen LogP contribution is 2.06. The van der Waals surface area contributed by atoms with Crippen LogP contribution in [0.4, 0.5) is 4.79 Å². The van der Waals surface area contributed by atoms with Crippen LogP contribution in [0.15, 0.2) is 4.99 Å². The average Bonchev–Trinajstić information content (AvgIpc) is 2.31. The Kier molecular flexibility index (Phi) is 8.76. The fourth-order valence-corrected chi connectivity index (χ4v) is 1.34. The Hall–Kier alpha value is -1.46. The molecule has 20 heavy (non-hydrogen) atoms. The van der Waals surface area contributed by atoms with Gasteiger partial charge in [0.15, 0.2) is 5.96 Å². The first-order chi connectivity index (χ1) is 9.24. The van der Waals surface area contributed by atoms with Crippen molar-refractivity contribution in [1.29, 1.82) is 0 Å². The van der Waals surface area contributed by atoms with Crippen LogP contribution >= 0.6 is 0 Å². The van der Waals surface area contributed by atoms with E-state index >= 15 is 0 Å². The van der Waals surface area contributed by atoms with Gasteiger partial charge in [0.1, 0.15) is 5.60 Å². The molecule has 0 aliphatic heterocycles. The van der Waals surface area contributed by atoms with Gasteiger partial charge in [-0.15, -0.1) is 0 Å². The summed E-state index contributed by atoms with van der Waals surface area (Å²) in [4.78, 5) is 15.6. The zero-order chi connectivity index (χ0) is 15.6. The smallest absolute Gasteiger partial charge is 0.407 e. The van der Waals surface area contributed by atoms with Gasteiger partial charge in [0.25, 0.3) is 0 Å². The number of carbonyl (C=O) groups is 1. The number of guanidine groups is 1. The van der Waals surface area contributed by atoms with E-state index in [0.29, 0.717) is 25.1 Å². The number of alkyl carbamates (subject to hydrolysis) is 1. The summed E-state index contributed by atoms with van der Waals surface area (Å²) in [6.45, 7) is 10.9. The van der Waals surface area contributed by atoms with Gasteiger partial charge in [-0.1, -0.05) is 6.92 Å². The largest absolute Gasteiger partial charge is 0.444 e. The summed E-state index contributed by atoms with van der Waals surface area (Å²) < 4.78 is 5.13. The van der Waals surface area contributed by atoms with Crippen molar-refractivity contribution >= 4 is 12.1 Å². The van der Waals surface area contributed by atoms with Crippen LogP contribution in [-0.4, -0.2) is 36.8 Å². The Bertz CT molecular complexity index is 311. The summed E-state index contributed by atoms with van der Waals surface area (Å²) in [5, 5.41) is 5.81. The summed E-state index contributed by atoms with van der Waals surface area (Å²) >= 11 is 0. The quantitative estimate of drug-likeness (QED) is 0.379. The van der Waals surface area contributed by atoms with Crippen LogP contribution in [0, 0.1) is 0 Å². The minimum absolute atomic E-state index is 0.340. The molecule has 0 saturated heterocycles. The first-order valence-electron chi connectivity index (χ1n) is 7.28. The lowest BCUT2D eigenvalue weighted by molar-refractivity contribution is 0.0527. The van der Waals surface area contributed by atoms with Crippen molar-refractivity contribution in [3.63, 3.8) is 0 Å². The van der Waals surface area contributed by atoms with E-state index in [1.54, 1.807) is 0 Å². The number of rotatable bonds is 7. The molecule has 6 heteroatoms. The molecule has 0 aromatic carbocycles. The lowest BCUT2D eigenvalue weighted by Crippen LogP contribution is -2.38. The van der Waals surface area contributed by atoms with Crippen LogP contribution in [0.1, 0.15) is 53.9 Å². The van der Waals surface area contributed by atoms with E-state index in [1.807, 2.05) is 20.8 Å². The van der Waals surface area contributed by atoms with E-state index in [0.717, 1.165) is 19.3 Å². The molecule has 0 aromatic heterocycles. The molecule has 0 aromatic rings. The number of amides is 1. The van der Waals surface area contributed by atoms with Crippen molar-refractivity contribution in [3.8, 4) is 0 Å². The standard InChI is InChI=1S/C14H30N4O2/c1-6-11(2)18-12(15)16-9-7-8-10-17-13(19)20-14(3,4)5/h11H,6-10H2,1-5H3,(H,17,19)(H3,15,16,18). The molecule has 0 bridgehead atoms. The van der Waals surface area contributed by atoms with E-state index < -0.39 is 5.60 Å². The van der Waals surface area contributed by atoms with Gasteiger partial charge in [-0.2, -0.15) is 0 Å². The van der Waals surface area contributed by atoms with Crippen molar-refractivity contribution in [2.24, 2.45) is 10.7 Å². The van der Waals surface area contributed by atoms with Crippen LogP contribution in [0.5, 0.6) is 0 Å². The maximum Gasteiger partial charge on any atom is 0.407 e. The molecule has 4 N–H and O–H groups in total. The van der Waals surface area contributed by atoms with Crippen LogP contribution in [0.25, 0.3) is 0 Å². The molecule has 0 rings (SSSR count). The van der Waals surface area contributed by atoms with Gasteiger partial charge >= 0.3 is 6.09 Å². The van der Waals surface area contributed by atoms with Crippen molar-refractivity contribution < 1.29 is 9.53 Å². The molecule has 0 heterocycles. The number of ether oxygens (including phenoxy) is 1. The SMILES string of the molecule is CCC(C)NC(N)=NCCCCNC(=O)OC(C)(C)C. The molecule has 1 amide bonds. The monoisotopic (exact) mass is 286 g/mol. The molecule has 0 fully saturated rings. The van der Waals surface area contributed by atoms with Gasteiger partial charge in [-0.3, -0.25) is 4.99 Å². The highest BCUT2D eigenvalue weighted by atomic mass is 16.6. The second-order valence-electron chi connectivity index (χ2n) is 5.86. The van der Waals surface area contributed by atoms with Gasteiger partial charge in [0, 0.05) is 19.1 Å². The number of unbranched alkanes of at least 4 members (excludes halogenated alkanes) is 1. The van der Waals surface area contributed by atoms with Crippen LogP contribution < -0.4 is 16.4 Å². The fraction of sp³-hybridized carbons (Fsp3) is 0.857. The predicted octanol–water partition coefficient (Wildman–Crippen LogP) is 1.99. The van der Waals surface area contributed by atoms with Crippen LogP contribution in [-0.2, 0) is 4.74 Å². The predicted molar refractivity (Wildman–Crippen MR) is 82.8 cm³/mol. The highest BCUT2D eigenvalue weighted by Gasteiger charge is 2.15. The highest BCUT2D eigenvalue weighted by molar-refractivity contribution is 5.78. The Morgan fingerprint density at radius 3 is 2.55 bits per heavy atom. The van der Waals surface area contributed by atoms with Gasteiger partial charge in [-0.25, -0.2) is 4.79 Å². The number of nitrogens with two attached hydrogens (primary N) is 1. The summed E-state index contributed by atoms with van der Waals surface area (Å²) in [5.41, 5.74) is 5.28. The second kappa shape index (κ2) is 9.44. The van der Waals surface area contributed by atoms with E-state index in [1.165, 1.54) is 0 Å². The minimum atomic E-state index is -0.454. The maximum absolute atomic E-state index is 11.4. The first kappa shape index (κ1) is 18.5. The summed E-state index contributed by atoms with van der Waals surface area (Å²) in [5.74, 6) is 0.486. The Morgan fingerprint density at radius 2 is 2.00 bits per heavy atom. The van der Waals surface area contributed by atoms with E-state index in [-0.39, 0.29) is 6.09 Å². The number of hydrogen-bond donors (Lipinski definition) is 3. The van der Waals surface area contributed by atoms with Gasteiger partial charge < -0.3 is 21.1 Å². The molecule has 1 unspecified atom stereocenters. The van der Waals surface area contributed by atoms with Crippen LogP contribution in [0.3, 0.4) is 0 Å². The van der Waals surface area contributed by atoms with Gasteiger partial charge in [-0.05, 0) is 47.0 Å². The van der Waals surface area contributed by atoms with E-state index in [2.05, 4.69) is 29.5 Å². The molecular weight excluding hydrogens is 256 g/mol. The number of hydrogen-bond acceptors (Lipinski definition) is 3. The minimum Gasteiger partial charge on any atom is -0.444 e. The van der Waals surface area contributed by atoms with Crippen molar-refractivity contribution in [3.05, 3.63) is 0 Å². The number of carbonyl (C=O) groups excluding carboxylic acids is 1. The average molecular weight is 286 g/mol. The zero-order valence-corrected chi connectivity index (χ0v) is 13.5. The maximum atomic E-state index is 11.4. The Balaban J connectivity index is 3.62. The molecular formula is C14H30N4O2. The molecule has 0 radical (unpaired) electrons. The fourth-order valence-electron chi connectivity index (χ4n) is 1.34. The molecule has 0 spiro atoms. The number of nitrogens with one attached hydrogen (secondary N) is 2. The number of nitrogens with zero attached hydrogens (tertiary/aromatic N) is 1. The van der Waals surface area contributed by atoms with Crippen molar-refractivity contribution in [2.75, 3.05) is 13.1 Å². The van der Waals surface area contributed by atoms with Crippen molar-refractivity contribution in [1.82, 2.24) is 10.6 Å². The van der Waals surface area contributed by atoms with Crippen LogP contribution in [0.2, 0.25) is 0 Å². The normalized spacial score (nSPS) is 13.8. The lowest BCUT2D eigenvalue weighted by atomic mass is 10.2. The molecule has 0 saturated carbocycles. The summed E-state index contributed by atoms with van der Waals surface area (Å²) in [7, 11) is 0. The van der Waals surface area contributed by atoms with Gasteiger partial charge in [0.2, 0.25) is 0 Å². The van der Waals surface area contributed by atoms with Crippen molar-refractivity contribution in [2.45, 2.75) is 65.5 Å². The zero-order valence-electron chi connectivity index (χ0n) is 13.5. The summed E-state index contributed by atoms with van der Waals surface area (Å²) in [6.07, 6.45) is 2.35. The molecule has 0 aliphatic rings. The summed E-state index contributed by atoms with van der Waals surface area (Å²) in [6, 6.07) is 0.340. The Morgan fingerprint density at radius 1 is 1.35 bits per heavy atom. The molecule has 0 aliphatic carbocycles. The third-order valence-electron chi connectivity index (χ3n) is 2.54. The van der Waals surface area contributed by atoms with E-state index in [4.69, 9.17) is 10.5 Å². The van der Waals surface area contributed by atoms with E-state index in [9.17, 15) is 4.79 Å². The molecule has 118 valence electrons. The van der Waals surface area contributed by atoms with Gasteiger partial charge in [0.05, 0.1) is 0 Å². The Labute approximate surface area is 122 Å². The third-order valence-corrected chi connectivity index (χ3v) is 2.54. The second-order valence-corrected chi connectivity index (χ2v) is 5.86. The third kappa shape index (κ3) is 11.6.